The normalized spacial score (nSPS) is 15.6. The minimum atomic E-state index is 0.210. The van der Waals surface area contributed by atoms with E-state index >= 15 is 0 Å². The highest BCUT2D eigenvalue weighted by Gasteiger charge is 2.21. The molecule has 0 unspecified atom stereocenters. The predicted molar refractivity (Wildman–Crippen MR) is 108 cm³/mol. The lowest BCUT2D eigenvalue weighted by Gasteiger charge is -2.35. The van der Waals surface area contributed by atoms with Crippen molar-refractivity contribution >= 4 is 40.1 Å². The van der Waals surface area contributed by atoms with Gasteiger partial charge >= 0.3 is 0 Å². The van der Waals surface area contributed by atoms with Gasteiger partial charge in [-0.05, 0) is 41.1 Å². The van der Waals surface area contributed by atoms with Crippen molar-refractivity contribution in [2.24, 2.45) is 0 Å². The third-order valence-corrected chi connectivity index (χ3v) is 6.09. The molecule has 0 bridgehead atoms. The SMILES string of the molecule is Cc1c(I)cnn1CCC(=O)N1CCN(Cc2ccccc2Cl)CC1. The van der Waals surface area contributed by atoms with Crippen LogP contribution in [0.15, 0.2) is 30.5 Å². The number of carbonyl (C=O) groups excluding carboxylic acids is 1. The quantitative estimate of drug-likeness (QED) is 0.628. The predicted octanol–water partition coefficient (Wildman–Crippen LogP) is 3.18. The van der Waals surface area contributed by atoms with E-state index in [1.165, 1.54) is 0 Å². The van der Waals surface area contributed by atoms with E-state index in [1.807, 2.05) is 40.9 Å². The maximum absolute atomic E-state index is 12.5. The average Bonchev–Trinajstić information content (AvgIpc) is 2.94. The van der Waals surface area contributed by atoms with E-state index < -0.39 is 0 Å². The molecule has 0 atom stereocenters. The van der Waals surface area contributed by atoms with Crippen LogP contribution < -0.4 is 0 Å². The van der Waals surface area contributed by atoms with Crippen LogP contribution in [0.5, 0.6) is 0 Å². The largest absolute Gasteiger partial charge is 0.340 e. The molecule has 1 aromatic carbocycles. The van der Waals surface area contributed by atoms with Gasteiger partial charge in [0.1, 0.15) is 0 Å². The zero-order chi connectivity index (χ0) is 17.8. The van der Waals surface area contributed by atoms with Gasteiger partial charge in [0.2, 0.25) is 5.91 Å². The van der Waals surface area contributed by atoms with E-state index in [-0.39, 0.29) is 5.91 Å². The number of carbonyl (C=O) groups is 1. The van der Waals surface area contributed by atoms with E-state index in [0.29, 0.717) is 13.0 Å². The van der Waals surface area contributed by atoms with Gasteiger partial charge in [-0.1, -0.05) is 29.8 Å². The van der Waals surface area contributed by atoms with E-state index in [9.17, 15) is 4.79 Å². The number of aromatic nitrogens is 2. The summed E-state index contributed by atoms with van der Waals surface area (Å²) in [4.78, 5) is 16.8. The summed E-state index contributed by atoms with van der Waals surface area (Å²) in [5.41, 5.74) is 2.27. The highest BCUT2D eigenvalue weighted by molar-refractivity contribution is 14.1. The van der Waals surface area contributed by atoms with Crippen LogP contribution in [-0.2, 0) is 17.9 Å². The van der Waals surface area contributed by atoms with Crippen LogP contribution in [0, 0.1) is 10.5 Å². The Bertz CT molecular complexity index is 740. The fourth-order valence-electron chi connectivity index (χ4n) is 3.03. The summed E-state index contributed by atoms with van der Waals surface area (Å²) in [5, 5.41) is 5.13. The highest BCUT2D eigenvalue weighted by Crippen LogP contribution is 2.18. The number of piperazine rings is 1. The Hall–Kier alpha value is -1.12. The van der Waals surface area contributed by atoms with Gasteiger partial charge < -0.3 is 4.90 Å². The Balaban J connectivity index is 1.46. The smallest absolute Gasteiger partial charge is 0.224 e. The standard InChI is InChI=1S/C18H22ClIN4O/c1-14-17(20)12-21-24(14)7-6-18(25)23-10-8-22(9-11-23)13-15-4-2-3-5-16(15)19/h2-5,12H,6-11,13H2,1H3. The van der Waals surface area contributed by atoms with Gasteiger partial charge in [0, 0.05) is 56.4 Å². The summed E-state index contributed by atoms with van der Waals surface area (Å²) in [6, 6.07) is 7.95. The van der Waals surface area contributed by atoms with Crippen LogP contribution in [-0.4, -0.2) is 51.7 Å². The van der Waals surface area contributed by atoms with E-state index in [2.05, 4.69) is 38.7 Å². The molecule has 1 fully saturated rings. The van der Waals surface area contributed by atoms with Crippen LogP contribution in [0.3, 0.4) is 0 Å². The van der Waals surface area contributed by atoms with E-state index in [4.69, 9.17) is 11.6 Å². The van der Waals surface area contributed by atoms with Gasteiger partial charge in [-0.3, -0.25) is 14.4 Å². The Morgan fingerprint density at radius 1 is 1.24 bits per heavy atom. The Morgan fingerprint density at radius 3 is 2.60 bits per heavy atom. The van der Waals surface area contributed by atoms with E-state index in [0.717, 1.165) is 52.6 Å². The molecule has 2 heterocycles. The van der Waals surface area contributed by atoms with Crippen molar-refractivity contribution in [2.75, 3.05) is 26.2 Å². The molecule has 0 N–H and O–H groups in total. The number of nitrogens with zero attached hydrogens (tertiary/aromatic N) is 4. The Morgan fingerprint density at radius 2 is 1.96 bits per heavy atom. The molecular weight excluding hydrogens is 451 g/mol. The fourth-order valence-corrected chi connectivity index (χ4v) is 3.63. The van der Waals surface area contributed by atoms with Crippen LogP contribution in [0.2, 0.25) is 5.02 Å². The minimum Gasteiger partial charge on any atom is -0.340 e. The zero-order valence-corrected chi connectivity index (χ0v) is 17.2. The second kappa shape index (κ2) is 8.51. The van der Waals surface area contributed by atoms with Crippen LogP contribution in [0.1, 0.15) is 17.7 Å². The molecular formula is C18H22ClIN4O. The van der Waals surface area contributed by atoms with Crippen molar-refractivity contribution < 1.29 is 4.79 Å². The van der Waals surface area contributed by atoms with Crippen molar-refractivity contribution in [2.45, 2.75) is 26.4 Å². The van der Waals surface area contributed by atoms with Gasteiger partial charge in [-0.15, -0.1) is 0 Å². The maximum atomic E-state index is 12.5. The second-order valence-electron chi connectivity index (χ2n) is 6.30. The summed E-state index contributed by atoms with van der Waals surface area (Å²) in [5.74, 6) is 0.210. The molecule has 0 aliphatic carbocycles. The molecule has 0 saturated carbocycles. The number of aryl methyl sites for hydroxylation is 1. The first-order valence-corrected chi connectivity index (χ1v) is 9.91. The molecule has 7 heteroatoms. The average molecular weight is 473 g/mol. The molecule has 0 radical (unpaired) electrons. The topological polar surface area (TPSA) is 41.4 Å². The fraction of sp³-hybridized carbons (Fsp3) is 0.444. The van der Waals surface area contributed by atoms with E-state index in [1.54, 1.807) is 0 Å². The number of benzene rings is 1. The summed E-state index contributed by atoms with van der Waals surface area (Å²) in [6.07, 6.45) is 2.34. The molecule has 1 aliphatic heterocycles. The molecule has 25 heavy (non-hydrogen) atoms. The molecule has 2 aromatic rings. The molecule has 134 valence electrons. The van der Waals surface area contributed by atoms with Gasteiger partial charge in [-0.25, -0.2) is 0 Å². The summed E-state index contributed by atoms with van der Waals surface area (Å²) >= 11 is 8.50. The van der Waals surface area contributed by atoms with Crippen molar-refractivity contribution in [3.05, 3.63) is 50.3 Å². The first kappa shape index (κ1) is 18.7. The monoisotopic (exact) mass is 472 g/mol. The maximum Gasteiger partial charge on any atom is 0.224 e. The molecule has 1 aliphatic rings. The Kier molecular flexibility index (Phi) is 6.35. The first-order valence-electron chi connectivity index (χ1n) is 8.46. The van der Waals surface area contributed by atoms with Crippen molar-refractivity contribution in [3.63, 3.8) is 0 Å². The lowest BCUT2D eigenvalue weighted by molar-refractivity contribution is -0.133. The van der Waals surface area contributed by atoms with Crippen LogP contribution in [0.4, 0.5) is 0 Å². The first-order chi connectivity index (χ1) is 12.0. The molecule has 1 aromatic heterocycles. The number of hydrogen-bond acceptors (Lipinski definition) is 3. The molecule has 3 rings (SSSR count). The third-order valence-electron chi connectivity index (χ3n) is 4.66. The van der Waals surface area contributed by atoms with Gasteiger partial charge in [-0.2, -0.15) is 5.10 Å². The summed E-state index contributed by atoms with van der Waals surface area (Å²) in [7, 11) is 0. The minimum absolute atomic E-state index is 0.210. The molecule has 0 spiro atoms. The Labute approximate surface area is 167 Å². The highest BCUT2D eigenvalue weighted by atomic mass is 127. The third kappa shape index (κ3) is 4.74. The number of hydrogen-bond donors (Lipinski definition) is 0. The number of amides is 1. The van der Waals surface area contributed by atoms with Crippen molar-refractivity contribution in [1.29, 1.82) is 0 Å². The lowest BCUT2D eigenvalue weighted by atomic mass is 10.2. The van der Waals surface area contributed by atoms with Gasteiger partial charge in [0.25, 0.3) is 0 Å². The number of halogens is 2. The summed E-state index contributed by atoms with van der Waals surface area (Å²) < 4.78 is 3.05. The van der Waals surface area contributed by atoms with Crippen LogP contribution in [0.25, 0.3) is 0 Å². The molecule has 1 saturated heterocycles. The van der Waals surface area contributed by atoms with Gasteiger partial charge in [0.05, 0.1) is 9.77 Å². The van der Waals surface area contributed by atoms with Crippen molar-refractivity contribution in [1.82, 2.24) is 19.6 Å². The van der Waals surface area contributed by atoms with Gasteiger partial charge in [0.15, 0.2) is 0 Å². The zero-order valence-electron chi connectivity index (χ0n) is 14.3. The summed E-state index contributed by atoms with van der Waals surface area (Å²) in [6.45, 7) is 6.84. The molecule has 5 nitrogen and oxygen atoms in total. The van der Waals surface area contributed by atoms with Crippen LogP contribution >= 0.6 is 34.2 Å². The number of rotatable bonds is 5. The second-order valence-corrected chi connectivity index (χ2v) is 7.87. The lowest BCUT2D eigenvalue weighted by Crippen LogP contribution is -2.48. The molecule has 1 amide bonds. The van der Waals surface area contributed by atoms with Crippen molar-refractivity contribution in [3.8, 4) is 0 Å².